The van der Waals surface area contributed by atoms with Crippen LogP contribution in [-0.2, 0) is 6.42 Å². The lowest BCUT2D eigenvalue weighted by Gasteiger charge is -2.18. The number of hydrogen-bond donors (Lipinski definition) is 1. The van der Waals surface area contributed by atoms with E-state index in [0.717, 1.165) is 24.2 Å². The molecule has 1 aromatic rings. The van der Waals surface area contributed by atoms with Crippen LogP contribution >= 0.6 is 0 Å². The number of benzene rings is 1. The smallest absolute Gasteiger partial charge is 0.165 e. The molecule has 4 nitrogen and oxygen atoms in total. The molecule has 0 saturated heterocycles. The van der Waals surface area contributed by atoms with E-state index in [1.807, 2.05) is 26.0 Å². The third kappa shape index (κ3) is 4.31. The van der Waals surface area contributed by atoms with Crippen molar-refractivity contribution >= 4 is 0 Å². The Morgan fingerprint density at radius 3 is 2.16 bits per heavy atom. The van der Waals surface area contributed by atoms with Gasteiger partial charge in [0.15, 0.2) is 11.5 Å². The van der Waals surface area contributed by atoms with Crippen LogP contribution in [0, 0.1) is 0 Å². The minimum Gasteiger partial charge on any atom is -0.496 e. The maximum Gasteiger partial charge on any atom is 0.165 e. The first kappa shape index (κ1) is 15.6. The molecule has 0 radical (unpaired) electrons. The highest BCUT2D eigenvalue weighted by Gasteiger charge is 2.15. The summed E-state index contributed by atoms with van der Waals surface area (Å²) in [4.78, 5) is 0. The van der Waals surface area contributed by atoms with E-state index in [2.05, 4.69) is 6.92 Å². The van der Waals surface area contributed by atoms with Gasteiger partial charge in [0.05, 0.1) is 20.3 Å². The van der Waals surface area contributed by atoms with Gasteiger partial charge in [0, 0.05) is 12.1 Å². The molecular formula is C15H25NO3. The zero-order valence-electron chi connectivity index (χ0n) is 12.5. The van der Waals surface area contributed by atoms with E-state index < -0.39 is 0 Å². The summed E-state index contributed by atoms with van der Waals surface area (Å²) in [6.07, 6.45) is 1.77. The fraction of sp³-hybridized carbons (Fsp3) is 0.600. The molecule has 108 valence electrons. The Hall–Kier alpha value is -1.42. The van der Waals surface area contributed by atoms with E-state index in [-0.39, 0.29) is 12.1 Å². The highest BCUT2D eigenvalue weighted by atomic mass is 16.5. The van der Waals surface area contributed by atoms with Crippen molar-refractivity contribution in [2.24, 2.45) is 5.73 Å². The van der Waals surface area contributed by atoms with Gasteiger partial charge in [0.2, 0.25) is 0 Å². The summed E-state index contributed by atoms with van der Waals surface area (Å²) in [5, 5.41) is 0. The van der Waals surface area contributed by atoms with Crippen LogP contribution in [0.4, 0.5) is 0 Å². The molecule has 19 heavy (non-hydrogen) atoms. The third-order valence-electron chi connectivity index (χ3n) is 2.94. The third-order valence-corrected chi connectivity index (χ3v) is 2.94. The Morgan fingerprint density at radius 1 is 1.05 bits per heavy atom. The molecule has 2 N–H and O–H groups in total. The van der Waals surface area contributed by atoms with Crippen molar-refractivity contribution in [3.63, 3.8) is 0 Å². The SMILES string of the molecule is CC[C@@H](N)Cc1cc(OC)c(OC(C)C)cc1OC. The van der Waals surface area contributed by atoms with Gasteiger partial charge < -0.3 is 19.9 Å². The van der Waals surface area contributed by atoms with Crippen LogP contribution in [0.5, 0.6) is 17.2 Å². The zero-order valence-corrected chi connectivity index (χ0v) is 12.5. The fourth-order valence-corrected chi connectivity index (χ4v) is 1.87. The second kappa shape index (κ2) is 7.24. The van der Waals surface area contributed by atoms with Gasteiger partial charge in [0.1, 0.15) is 5.75 Å². The van der Waals surface area contributed by atoms with Crippen molar-refractivity contribution in [2.75, 3.05) is 14.2 Å². The molecule has 1 aromatic carbocycles. The molecule has 0 heterocycles. The van der Waals surface area contributed by atoms with Crippen LogP contribution in [0.3, 0.4) is 0 Å². The Balaban J connectivity index is 3.11. The van der Waals surface area contributed by atoms with Gasteiger partial charge in [-0.2, -0.15) is 0 Å². The van der Waals surface area contributed by atoms with Gasteiger partial charge in [-0.15, -0.1) is 0 Å². The van der Waals surface area contributed by atoms with Gasteiger partial charge >= 0.3 is 0 Å². The molecule has 0 spiro atoms. The Labute approximate surface area is 115 Å². The lowest BCUT2D eigenvalue weighted by molar-refractivity contribution is 0.228. The average Bonchev–Trinajstić information content (AvgIpc) is 2.38. The van der Waals surface area contributed by atoms with Crippen LogP contribution in [0.2, 0.25) is 0 Å². The predicted molar refractivity (Wildman–Crippen MR) is 77.3 cm³/mol. The van der Waals surface area contributed by atoms with Crippen LogP contribution in [0.1, 0.15) is 32.8 Å². The topological polar surface area (TPSA) is 53.7 Å². The molecule has 1 atom stereocenters. The van der Waals surface area contributed by atoms with Crippen molar-refractivity contribution < 1.29 is 14.2 Å². The van der Waals surface area contributed by atoms with Crippen molar-refractivity contribution in [2.45, 2.75) is 45.8 Å². The molecule has 0 aliphatic heterocycles. The van der Waals surface area contributed by atoms with Gasteiger partial charge in [-0.25, -0.2) is 0 Å². The van der Waals surface area contributed by atoms with Gasteiger partial charge in [-0.3, -0.25) is 0 Å². The number of rotatable bonds is 7. The summed E-state index contributed by atoms with van der Waals surface area (Å²) < 4.78 is 16.5. The molecule has 0 unspecified atom stereocenters. The quantitative estimate of drug-likeness (QED) is 0.825. The maximum absolute atomic E-state index is 6.01. The van der Waals surface area contributed by atoms with Crippen LogP contribution in [-0.4, -0.2) is 26.4 Å². The van der Waals surface area contributed by atoms with E-state index in [4.69, 9.17) is 19.9 Å². The van der Waals surface area contributed by atoms with Crippen molar-refractivity contribution in [3.05, 3.63) is 17.7 Å². The first-order valence-electron chi connectivity index (χ1n) is 6.68. The van der Waals surface area contributed by atoms with Crippen molar-refractivity contribution in [3.8, 4) is 17.2 Å². The molecular weight excluding hydrogens is 242 g/mol. The van der Waals surface area contributed by atoms with E-state index in [1.54, 1.807) is 14.2 Å². The second-order valence-electron chi connectivity index (χ2n) is 4.85. The summed E-state index contributed by atoms with van der Waals surface area (Å²) in [6, 6.07) is 3.94. The Bertz CT molecular complexity index is 405. The lowest BCUT2D eigenvalue weighted by atomic mass is 10.0. The molecule has 0 bridgehead atoms. The Morgan fingerprint density at radius 2 is 1.68 bits per heavy atom. The van der Waals surface area contributed by atoms with Gasteiger partial charge in [-0.1, -0.05) is 6.92 Å². The number of ether oxygens (including phenoxy) is 3. The molecule has 1 rings (SSSR count). The molecule has 0 fully saturated rings. The van der Waals surface area contributed by atoms with E-state index in [1.165, 1.54) is 0 Å². The van der Waals surface area contributed by atoms with E-state index in [9.17, 15) is 0 Å². The summed E-state index contributed by atoms with van der Waals surface area (Å²) in [5.41, 5.74) is 7.06. The largest absolute Gasteiger partial charge is 0.496 e. The summed E-state index contributed by atoms with van der Waals surface area (Å²) in [7, 11) is 3.29. The Kier molecular flexibility index (Phi) is 5.96. The monoisotopic (exact) mass is 267 g/mol. The summed E-state index contributed by atoms with van der Waals surface area (Å²) in [6.45, 7) is 6.03. The fourth-order valence-electron chi connectivity index (χ4n) is 1.87. The summed E-state index contributed by atoms with van der Waals surface area (Å²) >= 11 is 0. The normalized spacial score (nSPS) is 12.4. The second-order valence-corrected chi connectivity index (χ2v) is 4.85. The standard InChI is InChI=1S/C15H25NO3/c1-6-12(16)7-11-8-14(18-5)15(19-10(2)3)9-13(11)17-4/h8-10,12H,6-7,16H2,1-5H3/t12-/m1/s1. The van der Waals surface area contributed by atoms with Crippen LogP contribution in [0.15, 0.2) is 12.1 Å². The van der Waals surface area contributed by atoms with Crippen molar-refractivity contribution in [1.29, 1.82) is 0 Å². The predicted octanol–water partition coefficient (Wildman–Crippen LogP) is 2.77. The number of nitrogens with two attached hydrogens (primary N) is 1. The lowest BCUT2D eigenvalue weighted by Crippen LogP contribution is -2.21. The van der Waals surface area contributed by atoms with E-state index >= 15 is 0 Å². The van der Waals surface area contributed by atoms with Crippen LogP contribution < -0.4 is 19.9 Å². The highest BCUT2D eigenvalue weighted by Crippen LogP contribution is 2.36. The molecule has 0 amide bonds. The molecule has 0 aliphatic carbocycles. The molecule has 4 heteroatoms. The maximum atomic E-state index is 6.01. The van der Waals surface area contributed by atoms with Crippen LogP contribution in [0.25, 0.3) is 0 Å². The number of methoxy groups -OCH3 is 2. The molecule has 0 aliphatic rings. The molecule has 0 saturated carbocycles. The minimum atomic E-state index is 0.0855. The highest BCUT2D eigenvalue weighted by molar-refractivity contribution is 5.51. The van der Waals surface area contributed by atoms with E-state index in [0.29, 0.717) is 11.5 Å². The molecule has 0 aromatic heterocycles. The average molecular weight is 267 g/mol. The summed E-state index contributed by atoms with van der Waals surface area (Å²) in [5.74, 6) is 2.20. The first-order chi connectivity index (χ1) is 9.01. The number of hydrogen-bond acceptors (Lipinski definition) is 4. The van der Waals surface area contributed by atoms with Gasteiger partial charge in [-0.05, 0) is 38.3 Å². The van der Waals surface area contributed by atoms with Gasteiger partial charge in [0.25, 0.3) is 0 Å². The first-order valence-corrected chi connectivity index (χ1v) is 6.68. The minimum absolute atomic E-state index is 0.0855. The van der Waals surface area contributed by atoms with Crippen molar-refractivity contribution in [1.82, 2.24) is 0 Å². The zero-order chi connectivity index (χ0) is 14.4.